The number of hydrogen-bond acceptors (Lipinski definition) is 4. The molecule has 1 aromatic heterocycles. The minimum atomic E-state index is -0.561. The fourth-order valence-electron chi connectivity index (χ4n) is 2.70. The molecular weight excluding hydrogens is 292 g/mol. The molecule has 2 rings (SSSR count). The second-order valence-electron chi connectivity index (χ2n) is 6.06. The number of aliphatic hydroxyl groups excluding tert-OH is 1. The predicted octanol–water partition coefficient (Wildman–Crippen LogP) is 1.88. The Kier molecular flexibility index (Phi) is 5.58. The fourth-order valence-corrected chi connectivity index (χ4v) is 2.70. The molecule has 0 saturated carbocycles. The molecule has 2 aromatic rings. The van der Waals surface area contributed by atoms with Crippen LogP contribution in [0.5, 0.6) is 5.75 Å². The van der Waals surface area contributed by atoms with E-state index in [-0.39, 0.29) is 11.2 Å². The molecule has 0 saturated heterocycles. The second kappa shape index (κ2) is 7.44. The van der Waals surface area contributed by atoms with Gasteiger partial charge in [0.25, 0.3) is 0 Å². The third-order valence-corrected chi connectivity index (χ3v) is 3.76. The van der Waals surface area contributed by atoms with Gasteiger partial charge in [-0.2, -0.15) is 0 Å². The van der Waals surface area contributed by atoms with Crippen LogP contribution < -0.4 is 5.43 Å². The van der Waals surface area contributed by atoms with Gasteiger partial charge in [-0.15, -0.1) is 0 Å². The van der Waals surface area contributed by atoms with Crippen LogP contribution in [0.2, 0.25) is 0 Å². The van der Waals surface area contributed by atoms with E-state index in [0.717, 1.165) is 11.3 Å². The molecule has 0 fully saturated rings. The number of benzene rings is 1. The lowest BCUT2D eigenvalue weighted by atomic mass is 10.2. The summed E-state index contributed by atoms with van der Waals surface area (Å²) in [7, 11) is 1.94. The number of aliphatic hydroxyl groups is 1. The van der Waals surface area contributed by atoms with Crippen LogP contribution in [0.1, 0.15) is 23.9 Å². The molecule has 1 unspecified atom stereocenters. The quantitative estimate of drug-likeness (QED) is 0.854. The lowest BCUT2D eigenvalue weighted by Gasteiger charge is -2.23. The number of aromatic nitrogens is 1. The summed E-state index contributed by atoms with van der Waals surface area (Å²) in [5.74, 6) is -0.240. The van der Waals surface area contributed by atoms with Crippen LogP contribution in [-0.2, 0) is 19.6 Å². The van der Waals surface area contributed by atoms with Crippen molar-refractivity contribution in [2.45, 2.75) is 39.6 Å². The Hall–Kier alpha value is -2.11. The summed E-state index contributed by atoms with van der Waals surface area (Å²) in [5.41, 5.74) is 2.05. The van der Waals surface area contributed by atoms with Crippen molar-refractivity contribution < 1.29 is 10.2 Å². The van der Waals surface area contributed by atoms with Gasteiger partial charge in [0.1, 0.15) is 0 Å². The van der Waals surface area contributed by atoms with Crippen molar-refractivity contribution in [1.82, 2.24) is 9.47 Å². The maximum absolute atomic E-state index is 11.9. The summed E-state index contributed by atoms with van der Waals surface area (Å²) >= 11 is 0. The van der Waals surface area contributed by atoms with Gasteiger partial charge in [0.05, 0.1) is 11.8 Å². The van der Waals surface area contributed by atoms with Crippen molar-refractivity contribution in [2.75, 3.05) is 7.05 Å². The molecular formula is C18H24N2O3. The van der Waals surface area contributed by atoms with Crippen molar-refractivity contribution in [1.29, 1.82) is 0 Å². The van der Waals surface area contributed by atoms with Crippen LogP contribution in [0.25, 0.3) is 0 Å². The Bertz CT molecular complexity index is 708. The van der Waals surface area contributed by atoms with Gasteiger partial charge in [-0.3, -0.25) is 9.69 Å². The Morgan fingerprint density at radius 3 is 2.48 bits per heavy atom. The first-order chi connectivity index (χ1) is 10.9. The minimum Gasteiger partial charge on any atom is -0.503 e. The van der Waals surface area contributed by atoms with E-state index in [9.17, 15) is 15.0 Å². The zero-order valence-electron chi connectivity index (χ0n) is 13.9. The van der Waals surface area contributed by atoms with Crippen molar-refractivity contribution in [2.24, 2.45) is 0 Å². The first-order valence-electron chi connectivity index (χ1n) is 7.71. The molecule has 5 heteroatoms. The summed E-state index contributed by atoms with van der Waals surface area (Å²) in [4.78, 5) is 13.9. The molecule has 0 aliphatic heterocycles. The summed E-state index contributed by atoms with van der Waals surface area (Å²) in [5, 5.41) is 19.9. The maximum Gasteiger partial charge on any atom is 0.223 e. The molecule has 0 aliphatic carbocycles. The fraction of sp³-hybridized carbons (Fsp3) is 0.389. The average Bonchev–Trinajstić information content (AvgIpc) is 2.49. The van der Waals surface area contributed by atoms with E-state index in [0.29, 0.717) is 25.3 Å². The highest BCUT2D eigenvalue weighted by atomic mass is 16.3. The van der Waals surface area contributed by atoms with E-state index in [4.69, 9.17) is 0 Å². The normalized spacial score (nSPS) is 12.6. The van der Waals surface area contributed by atoms with Crippen LogP contribution in [0, 0.1) is 6.92 Å². The maximum atomic E-state index is 11.9. The van der Waals surface area contributed by atoms with Gasteiger partial charge in [-0.1, -0.05) is 30.3 Å². The number of aryl methyl sites for hydroxylation is 1. The summed E-state index contributed by atoms with van der Waals surface area (Å²) in [6.45, 7) is 4.96. The first kappa shape index (κ1) is 17.2. The lowest BCUT2D eigenvalue weighted by molar-refractivity contribution is 0.168. The van der Waals surface area contributed by atoms with Gasteiger partial charge >= 0.3 is 0 Å². The predicted molar refractivity (Wildman–Crippen MR) is 90.4 cm³/mol. The lowest BCUT2D eigenvalue weighted by Crippen LogP contribution is -2.26. The standard InChI is InChI=1S/C18H24N2O3/c1-13-9-17(22)18(23)16(20(13)10-14(2)21)12-19(3)11-15-7-5-4-6-8-15/h4-9,14,21,23H,10-12H2,1-3H3. The number of pyridine rings is 1. The Morgan fingerprint density at radius 1 is 1.22 bits per heavy atom. The van der Waals surface area contributed by atoms with Crippen LogP contribution >= 0.6 is 0 Å². The molecule has 124 valence electrons. The molecule has 1 heterocycles. The molecule has 5 nitrogen and oxygen atoms in total. The molecule has 23 heavy (non-hydrogen) atoms. The monoisotopic (exact) mass is 316 g/mol. The molecule has 0 radical (unpaired) electrons. The van der Waals surface area contributed by atoms with Crippen LogP contribution in [0.4, 0.5) is 0 Å². The molecule has 1 aromatic carbocycles. The highest BCUT2D eigenvalue weighted by Crippen LogP contribution is 2.18. The van der Waals surface area contributed by atoms with Crippen LogP contribution in [-0.4, -0.2) is 32.8 Å². The third kappa shape index (κ3) is 4.43. The molecule has 0 amide bonds. The number of hydrogen-bond donors (Lipinski definition) is 2. The highest BCUT2D eigenvalue weighted by molar-refractivity contribution is 5.30. The zero-order valence-corrected chi connectivity index (χ0v) is 13.9. The molecule has 1 atom stereocenters. The molecule has 0 bridgehead atoms. The van der Waals surface area contributed by atoms with Crippen molar-refractivity contribution >= 4 is 0 Å². The highest BCUT2D eigenvalue weighted by Gasteiger charge is 2.16. The number of nitrogens with zero attached hydrogens (tertiary/aromatic N) is 2. The second-order valence-corrected chi connectivity index (χ2v) is 6.06. The topological polar surface area (TPSA) is 65.7 Å². The van der Waals surface area contributed by atoms with Crippen LogP contribution in [0.15, 0.2) is 41.2 Å². The molecule has 2 N–H and O–H groups in total. The average molecular weight is 316 g/mol. The largest absolute Gasteiger partial charge is 0.503 e. The summed E-state index contributed by atoms with van der Waals surface area (Å²) in [6, 6.07) is 11.4. The van der Waals surface area contributed by atoms with E-state index in [1.165, 1.54) is 6.07 Å². The smallest absolute Gasteiger partial charge is 0.223 e. The van der Waals surface area contributed by atoms with Crippen LogP contribution in [0.3, 0.4) is 0 Å². The third-order valence-electron chi connectivity index (χ3n) is 3.76. The molecule has 0 spiro atoms. The first-order valence-corrected chi connectivity index (χ1v) is 7.71. The number of aromatic hydroxyl groups is 1. The van der Waals surface area contributed by atoms with Gasteiger partial charge in [0, 0.05) is 31.4 Å². The Labute approximate surface area is 136 Å². The Morgan fingerprint density at radius 2 is 1.87 bits per heavy atom. The van der Waals surface area contributed by atoms with Crippen molar-refractivity contribution in [3.8, 4) is 5.75 Å². The van der Waals surface area contributed by atoms with Crippen molar-refractivity contribution in [3.05, 3.63) is 63.6 Å². The molecule has 0 aliphatic rings. The van der Waals surface area contributed by atoms with Gasteiger partial charge in [0.15, 0.2) is 5.75 Å². The summed E-state index contributed by atoms with van der Waals surface area (Å²) in [6.07, 6.45) is -0.561. The van der Waals surface area contributed by atoms with E-state index in [2.05, 4.69) is 0 Å². The van der Waals surface area contributed by atoms with E-state index in [1.54, 1.807) is 6.92 Å². The minimum absolute atomic E-state index is 0.240. The number of rotatable bonds is 6. The van der Waals surface area contributed by atoms with E-state index in [1.807, 2.05) is 53.8 Å². The van der Waals surface area contributed by atoms with Gasteiger partial charge in [-0.25, -0.2) is 0 Å². The van der Waals surface area contributed by atoms with Gasteiger partial charge in [0.2, 0.25) is 5.43 Å². The summed E-state index contributed by atoms with van der Waals surface area (Å²) < 4.78 is 1.81. The Balaban J connectivity index is 2.28. The van der Waals surface area contributed by atoms with E-state index >= 15 is 0 Å². The zero-order chi connectivity index (χ0) is 17.0. The SMILES string of the molecule is Cc1cc(=O)c(O)c(CN(C)Cc2ccccc2)n1CC(C)O. The van der Waals surface area contributed by atoms with Gasteiger partial charge < -0.3 is 14.8 Å². The van der Waals surface area contributed by atoms with Crippen molar-refractivity contribution in [3.63, 3.8) is 0 Å². The van der Waals surface area contributed by atoms with Gasteiger partial charge in [-0.05, 0) is 26.5 Å². The van der Waals surface area contributed by atoms with E-state index < -0.39 is 6.10 Å².